The Morgan fingerprint density at radius 3 is 2.91 bits per heavy atom. The molecule has 5 nitrogen and oxygen atoms in total. The highest BCUT2D eigenvalue weighted by molar-refractivity contribution is 5.66. The van der Waals surface area contributed by atoms with E-state index in [9.17, 15) is 4.79 Å². The van der Waals surface area contributed by atoms with Crippen molar-refractivity contribution in [2.45, 2.75) is 18.9 Å². The number of hydrogen-bond donors (Lipinski definition) is 1. The minimum atomic E-state index is -0.868. The first-order valence-corrected chi connectivity index (χ1v) is 7.13. The summed E-state index contributed by atoms with van der Waals surface area (Å²) in [5.74, 6) is 2.44. The Balaban J connectivity index is 2.66. The first-order valence-electron chi connectivity index (χ1n) is 7.13. The highest BCUT2D eigenvalue weighted by Gasteiger charge is 2.15. The fourth-order valence-corrected chi connectivity index (χ4v) is 2.10. The van der Waals surface area contributed by atoms with E-state index in [1.54, 1.807) is 7.11 Å². The maximum atomic E-state index is 10.5. The van der Waals surface area contributed by atoms with Crippen molar-refractivity contribution in [3.8, 4) is 18.1 Å². The van der Waals surface area contributed by atoms with Crippen molar-refractivity contribution in [2.75, 3.05) is 33.9 Å². The lowest BCUT2D eigenvalue weighted by molar-refractivity contribution is -0.137. The summed E-state index contributed by atoms with van der Waals surface area (Å²) in [6.07, 6.45) is 6.13. The Hall–Kier alpha value is -2.03. The largest absolute Gasteiger partial charge is 0.493 e. The maximum absolute atomic E-state index is 10.5. The molecule has 0 fully saturated rings. The molecule has 5 heteroatoms. The van der Waals surface area contributed by atoms with Gasteiger partial charge in [-0.25, -0.2) is 0 Å². The van der Waals surface area contributed by atoms with Gasteiger partial charge in [0.25, 0.3) is 0 Å². The summed E-state index contributed by atoms with van der Waals surface area (Å²) < 4.78 is 10.7. The van der Waals surface area contributed by atoms with Crippen LogP contribution >= 0.6 is 0 Å². The van der Waals surface area contributed by atoms with Crippen LogP contribution in [0.25, 0.3) is 0 Å². The van der Waals surface area contributed by atoms with Gasteiger partial charge in [0.2, 0.25) is 0 Å². The summed E-state index contributed by atoms with van der Waals surface area (Å²) in [6.45, 7) is 1.31. The van der Waals surface area contributed by atoms with Gasteiger partial charge in [-0.3, -0.25) is 9.69 Å². The van der Waals surface area contributed by atoms with E-state index in [0.29, 0.717) is 18.9 Å². The van der Waals surface area contributed by atoms with Crippen LogP contribution in [-0.4, -0.2) is 55.9 Å². The SMILES string of the molecule is C#CCN(C)[C@H](COC)Cc1cccc(OCCC(=O)O)c1. The molecule has 0 spiro atoms. The van der Waals surface area contributed by atoms with Crippen molar-refractivity contribution >= 4 is 5.97 Å². The molecule has 0 saturated carbocycles. The van der Waals surface area contributed by atoms with Crippen molar-refractivity contribution in [2.24, 2.45) is 0 Å². The molecule has 1 N–H and O–H groups in total. The number of likely N-dealkylation sites (N-methyl/N-ethyl adjacent to an activating group) is 1. The smallest absolute Gasteiger partial charge is 0.306 e. The summed E-state index contributed by atoms with van der Waals surface area (Å²) in [5.41, 5.74) is 1.10. The van der Waals surface area contributed by atoms with E-state index in [-0.39, 0.29) is 19.1 Å². The molecule has 0 bridgehead atoms. The average Bonchev–Trinajstić information content (AvgIpc) is 2.47. The Kier molecular flexibility index (Phi) is 8.05. The van der Waals surface area contributed by atoms with Gasteiger partial charge >= 0.3 is 5.97 Å². The number of ether oxygens (including phenoxy) is 2. The van der Waals surface area contributed by atoms with Crippen molar-refractivity contribution in [3.63, 3.8) is 0 Å². The monoisotopic (exact) mass is 305 g/mol. The Bertz CT molecular complexity index is 510. The van der Waals surface area contributed by atoms with E-state index in [4.69, 9.17) is 21.0 Å². The first kappa shape index (κ1) is 18.0. The van der Waals surface area contributed by atoms with E-state index >= 15 is 0 Å². The molecule has 0 aliphatic rings. The molecule has 0 unspecified atom stereocenters. The predicted molar refractivity (Wildman–Crippen MR) is 85.0 cm³/mol. The van der Waals surface area contributed by atoms with Crippen LogP contribution in [0.4, 0.5) is 0 Å². The molecule has 1 atom stereocenters. The fourth-order valence-electron chi connectivity index (χ4n) is 2.10. The van der Waals surface area contributed by atoms with E-state index in [2.05, 4.69) is 10.8 Å². The second-order valence-corrected chi connectivity index (χ2v) is 5.07. The van der Waals surface area contributed by atoms with Crippen LogP contribution in [0.5, 0.6) is 5.75 Å². The molecular formula is C17H23NO4. The van der Waals surface area contributed by atoms with Crippen molar-refractivity contribution in [1.82, 2.24) is 4.90 Å². The number of rotatable bonds is 10. The van der Waals surface area contributed by atoms with E-state index in [0.717, 1.165) is 12.0 Å². The predicted octanol–water partition coefficient (Wildman–Crippen LogP) is 1.66. The minimum absolute atomic E-state index is 0.0125. The number of carboxylic acid groups (broad SMARTS) is 1. The van der Waals surface area contributed by atoms with E-state index in [1.807, 2.05) is 31.3 Å². The highest BCUT2D eigenvalue weighted by atomic mass is 16.5. The molecule has 0 aromatic heterocycles. The first-order chi connectivity index (χ1) is 10.6. The normalized spacial score (nSPS) is 11.9. The molecule has 120 valence electrons. The topological polar surface area (TPSA) is 59.0 Å². The van der Waals surface area contributed by atoms with Crippen LogP contribution in [-0.2, 0) is 16.0 Å². The molecule has 1 rings (SSSR count). The number of nitrogens with zero attached hydrogens (tertiary/aromatic N) is 1. The number of hydrogen-bond acceptors (Lipinski definition) is 4. The molecule has 0 heterocycles. The fraction of sp³-hybridized carbons (Fsp3) is 0.471. The van der Waals surface area contributed by atoms with Gasteiger partial charge in [-0.1, -0.05) is 18.1 Å². The molecule has 0 radical (unpaired) electrons. The van der Waals surface area contributed by atoms with E-state index in [1.165, 1.54) is 0 Å². The molecular weight excluding hydrogens is 282 g/mol. The van der Waals surface area contributed by atoms with Gasteiger partial charge in [0, 0.05) is 13.2 Å². The molecule has 22 heavy (non-hydrogen) atoms. The third kappa shape index (κ3) is 6.61. The highest BCUT2D eigenvalue weighted by Crippen LogP contribution is 2.16. The van der Waals surface area contributed by atoms with Crippen LogP contribution in [0.3, 0.4) is 0 Å². The Labute approximate surface area is 131 Å². The third-order valence-corrected chi connectivity index (χ3v) is 3.28. The van der Waals surface area contributed by atoms with Crippen LogP contribution in [0.15, 0.2) is 24.3 Å². The second kappa shape index (κ2) is 9.82. The quantitative estimate of drug-likeness (QED) is 0.666. The van der Waals surface area contributed by atoms with Gasteiger partial charge < -0.3 is 14.6 Å². The number of aliphatic carboxylic acids is 1. The lowest BCUT2D eigenvalue weighted by Crippen LogP contribution is -2.37. The molecule has 0 aliphatic carbocycles. The zero-order valence-corrected chi connectivity index (χ0v) is 13.1. The Morgan fingerprint density at radius 2 is 2.27 bits per heavy atom. The summed E-state index contributed by atoms with van der Waals surface area (Å²) >= 11 is 0. The number of terminal acetylenes is 1. The molecule has 1 aromatic carbocycles. The molecule has 0 aliphatic heterocycles. The number of carboxylic acids is 1. The summed E-state index contributed by atoms with van der Waals surface area (Å²) in [6, 6.07) is 7.83. The van der Waals surface area contributed by atoms with Crippen molar-refractivity contribution in [1.29, 1.82) is 0 Å². The summed E-state index contributed by atoms with van der Waals surface area (Å²) in [4.78, 5) is 12.6. The lowest BCUT2D eigenvalue weighted by Gasteiger charge is -2.26. The standard InChI is InChI=1S/C17H23NO4/c1-4-9-18(2)15(13-21-3)11-14-6-5-7-16(12-14)22-10-8-17(19)20/h1,5-7,12,15H,8-11,13H2,2-3H3,(H,19,20)/t15-/m0/s1. The number of carbonyl (C=O) groups is 1. The number of benzene rings is 1. The Morgan fingerprint density at radius 1 is 1.50 bits per heavy atom. The maximum Gasteiger partial charge on any atom is 0.306 e. The van der Waals surface area contributed by atoms with Crippen LogP contribution in [0.2, 0.25) is 0 Å². The van der Waals surface area contributed by atoms with Crippen molar-refractivity contribution in [3.05, 3.63) is 29.8 Å². The average molecular weight is 305 g/mol. The van der Waals surface area contributed by atoms with Gasteiger partial charge in [-0.05, 0) is 31.2 Å². The molecule has 0 saturated heterocycles. The zero-order valence-electron chi connectivity index (χ0n) is 13.1. The minimum Gasteiger partial charge on any atom is -0.493 e. The van der Waals surface area contributed by atoms with Crippen LogP contribution in [0.1, 0.15) is 12.0 Å². The van der Waals surface area contributed by atoms with Crippen LogP contribution < -0.4 is 4.74 Å². The van der Waals surface area contributed by atoms with Gasteiger partial charge in [0.05, 0.1) is 26.2 Å². The van der Waals surface area contributed by atoms with E-state index < -0.39 is 5.97 Å². The second-order valence-electron chi connectivity index (χ2n) is 5.07. The van der Waals surface area contributed by atoms with Gasteiger partial charge in [-0.2, -0.15) is 0 Å². The van der Waals surface area contributed by atoms with Gasteiger partial charge in [0.1, 0.15) is 5.75 Å². The summed E-state index contributed by atoms with van der Waals surface area (Å²) in [7, 11) is 3.64. The third-order valence-electron chi connectivity index (χ3n) is 3.28. The van der Waals surface area contributed by atoms with Gasteiger partial charge in [0.15, 0.2) is 0 Å². The molecule has 0 amide bonds. The summed E-state index contributed by atoms with van der Waals surface area (Å²) in [5, 5.41) is 8.62. The van der Waals surface area contributed by atoms with Crippen LogP contribution in [0, 0.1) is 12.3 Å². The zero-order chi connectivity index (χ0) is 16.4. The van der Waals surface area contributed by atoms with Crippen molar-refractivity contribution < 1.29 is 19.4 Å². The molecule has 1 aromatic rings. The van der Waals surface area contributed by atoms with Gasteiger partial charge in [-0.15, -0.1) is 6.42 Å². The lowest BCUT2D eigenvalue weighted by atomic mass is 10.1. The number of methoxy groups -OCH3 is 1.